The molecule has 2 atom stereocenters. The van der Waals surface area contributed by atoms with E-state index in [0.717, 1.165) is 12.0 Å². The highest BCUT2D eigenvalue weighted by atomic mass is 31.1. The van der Waals surface area contributed by atoms with Crippen LogP contribution in [0.3, 0.4) is 0 Å². The van der Waals surface area contributed by atoms with Crippen LogP contribution in [0.15, 0.2) is 24.3 Å². The Morgan fingerprint density at radius 3 is 2.19 bits per heavy atom. The zero-order valence-corrected chi connectivity index (χ0v) is 16.6. The summed E-state index contributed by atoms with van der Waals surface area (Å²) < 4.78 is 14.6. The molecular weight excluding hydrogens is 353 g/mol. The van der Waals surface area contributed by atoms with Gasteiger partial charge in [-0.05, 0) is 36.8 Å². The molecule has 26 heavy (non-hydrogen) atoms. The highest BCUT2D eigenvalue weighted by Gasteiger charge is 2.27. The van der Waals surface area contributed by atoms with Gasteiger partial charge in [0.1, 0.15) is 6.61 Å². The van der Waals surface area contributed by atoms with E-state index < -0.39 is 13.8 Å². The van der Waals surface area contributed by atoms with Gasteiger partial charge in [0.05, 0.1) is 16.8 Å². The molecule has 2 unspecified atom stereocenters. The maximum absolute atomic E-state index is 10.4. The Hall–Kier alpha value is -0.880. The molecule has 1 aromatic carbocycles. The molecule has 0 saturated heterocycles. The third-order valence-electron chi connectivity index (χ3n) is 4.53. The highest BCUT2D eigenvalue weighted by Crippen LogP contribution is 2.19. The van der Waals surface area contributed by atoms with Crippen LogP contribution >= 0.6 is 8.25 Å². The predicted molar refractivity (Wildman–Crippen MR) is 103 cm³/mol. The van der Waals surface area contributed by atoms with Crippen molar-refractivity contribution in [3.63, 3.8) is 0 Å². The summed E-state index contributed by atoms with van der Waals surface area (Å²) in [5.74, 6) is 0. The maximum atomic E-state index is 10.4. The molecule has 148 valence electrons. The first-order chi connectivity index (χ1) is 12.5. The van der Waals surface area contributed by atoms with E-state index in [4.69, 9.17) is 10.6 Å². The molecule has 7 heteroatoms. The summed E-state index contributed by atoms with van der Waals surface area (Å²) in [6, 6.07) is 8.47. The molecule has 0 aromatic heterocycles. The lowest BCUT2D eigenvalue weighted by Crippen LogP contribution is -2.48. The van der Waals surface area contributed by atoms with E-state index in [0.29, 0.717) is 12.8 Å². The van der Waals surface area contributed by atoms with Crippen LogP contribution in [0.4, 0.5) is 0 Å². The monoisotopic (exact) mass is 386 g/mol. The predicted octanol–water partition coefficient (Wildman–Crippen LogP) is 3.81. The summed E-state index contributed by atoms with van der Waals surface area (Å²) >= 11 is 0. The average molecular weight is 386 g/mol. The van der Waals surface area contributed by atoms with Crippen LogP contribution in [0.25, 0.3) is 0 Å². The molecule has 0 aliphatic rings. The molecule has 0 bridgehead atoms. The molecule has 6 nitrogen and oxygen atoms in total. The number of hydrogen-bond donors (Lipinski definition) is 3. The van der Waals surface area contributed by atoms with Crippen LogP contribution in [0, 0.1) is 0 Å². The molecule has 0 radical (unpaired) electrons. The van der Waals surface area contributed by atoms with Gasteiger partial charge in [0, 0.05) is 4.57 Å². The Kier molecular flexibility index (Phi) is 11.9. The van der Waals surface area contributed by atoms with Gasteiger partial charge in [-0.3, -0.25) is 0 Å². The summed E-state index contributed by atoms with van der Waals surface area (Å²) in [7, 11) is -2.83. The largest absolute Gasteiger partial charge is 0.725 e. The quantitative estimate of drug-likeness (QED) is 0.183. The van der Waals surface area contributed by atoms with E-state index in [9.17, 15) is 9.67 Å². The fourth-order valence-corrected chi connectivity index (χ4v) is 2.90. The molecule has 0 aliphatic heterocycles. The third-order valence-corrected chi connectivity index (χ3v) is 4.76. The van der Waals surface area contributed by atoms with Crippen molar-refractivity contribution in [3.8, 4) is 0 Å². The topological polar surface area (TPSA) is 102 Å². The van der Waals surface area contributed by atoms with Crippen molar-refractivity contribution in [3.05, 3.63) is 35.4 Å². The van der Waals surface area contributed by atoms with Gasteiger partial charge in [0.25, 0.3) is 0 Å². The first kappa shape index (κ1) is 23.2. The van der Waals surface area contributed by atoms with Crippen molar-refractivity contribution in [2.24, 2.45) is 5.73 Å². The Bertz CT molecular complexity index is 511. The second-order valence-electron chi connectivity index (χ2n) is 6.93. The van der Waals surface area contributed by atoms with Crippen molar-refractivity contribution >= 4 is 8.25 Å². The number of aliphatic hydroxyl groups excluding tert-OH is 1. The first-order valence-electron chi connectivity index (χ1n) is 9.42. The number of rotatable bonds is 15. The average Bonchev–Trinajstić information content (AvgIpc) is 2.63. The van der Waals surface area contributed by atoms with Gasteiger partial charge in [-0.15, -0.1) is 4.89 Å². The second kappa shape index (κ2) is 13.3. The molecule has 0 spiro atoms. The number of nitrogens with two attached hydrogens (primary N) is 1. The molecule has 4 N–H and O–H groups in total. The molecule has 1 rings (SSSR count). The van der Waals surface area contributed by atoms with Crippen molar-refractivity contribution in [2.75, 3.05) is 13.2 Å². The Morgan fingerprint density at radius 1 is 1.04 bits per heavy atom. The lowest BCUT2D eigenvalue weighted by Gasteiger charge is -2.25. The summed E-state index contributed by atoms with van der Waals surface area (Å²) in [6.07, 6.45) is 10.1. The zero-order chi connectivity index (χ0) is 19.3. The van der Waals surface area contributed by atoms with Gasteiger partial charge >= 0.3 is 8.25 Å². The number of hydrogen-bond acceptors (Lipinski definition) is 5. The van der Waals surface area contributed by atoms with Crippen molar-refractivity contribution in [1.29, 1.82) is 0 Å². The molecular formula is C19H33NO5P+. The first-order valence-corrected chi connectivity index (χ1v) is 10.6. The Balaban J connectivity index is 2.32. The van der Waals surface area contributed by atoms with E-state index in [1.54, 1.807) is 0 Å². The van der Waals surface area contributed by atoms with Crippen LogP contribution in [-0.2, 0) is 27.0 Å². The van der Waals surface area contributed by atoms with Gasteiger partial charge in [-0.25, -0.2) is 0 Å². The number of aliphatic hydroxyl groups is 1. The Morgan fingerprint density at radius 2 is 1.62 bits per heavy atom. The normalized spacial score (nSPS) is 14.2. The van der Waals surface area contributed by atoms with Crippen LogP contribution in [0.2, 0.25) is 0 Å². The van der Waals surface area contributed by atoms with E-state index in [1.807, 2.05) is 0 Å². The summed E-state index contributed by atoms with van der Waals surface area (Å²) in [5.41, 5.74) is 7.51. The van der Waals surface area contributed by atoms with Crippen molar-refractivity contribution < 1.29 is 24.1 Å². The molecule has 0 fully saturated rings. The van der Waals surface area contributed by atoms with Gasteiger partial charge in [0.15, 0.2) is 0 Å². The number of aryl methyl sites for hydroxylation is 2. The van der Waals surface area contributed by atoms with Crippen molar-refractivity contribution in [1.82, 2.24) is 0 Å². The van der Waals surface area contributed by atoms with E-state index in [1.165, 1.54) is 44.1 Å². The van der Waals surface area contributed by atoms with Gasteiger partial charge in [-0.2, -0.15) is 4.89 Å². The molecule has 0 saturated carbocycles. The SMILES string of the molecule is CCCCCCCCc1ccc(CCC(N)(CO)COO[P+](=O)O)cc1. The summed E-state index contributed by atoms with van der Waals surface area (Å²) in [4.78, 5) is 13.1. The third kappa shape index (κ3) is 10.3. The van der Waals surface area contributed by atoms with Crippen LogP contribution in [0.5, 0.6) is 0 Å². The lowest BCUT2D eigenvalue weighted by molar-refractivity contribution is -0.222. The Labute approximate surface area is 157 Å². The summed E-state index contributed by atoms with van der Waals surface area (Å²) in [5, 5.41) is 9.45. The van der Waals surface area contributed by atoms with Crippen molar-refractivity contribution in [2.45, 2.75) is 70.3 Å². The second-order valence-corrected chi connectivity index (χ2v) is 7.55. The minimum Gasteiger partial charge on any atom is -0.394 e. The number of benzene rings is 1. The maximum Gasteiger partial charge on any atom is 0.725 e. The van der Waals surface area contributed by atoms with Crippen LogP contribution in [-0.4, -0.2) is 28.8 Å². The minimum atomic E-state index is -2.83. The minimum absolute atomic E-state index is 0.152. The van der Waals surface area contributed by atoms with Crippen LogP contribution in [0.1, 0.15) is 63.0 Å². The van der Waals surface area contributed by atoms with E-state index >= 15 is 0 Å². The number of unbranched alkanes of at least 4 members (excludes halogenated alkanes) is 5. The van der Waals surface area contributed by atoms with E-state index in [-0.39, 0.29) is 13.2 Å². The highest BCUT2D eigenvalue weighted by molar-refractivity contribution is 7.31. The fraction of sp³-hybridized carbons (Fsp3) is 0.684. The summed E-state index contributed by atoms with van der Waals surface area (Å²) in [6.45, 7) is 1.78. The van der Waals surface area contributed by atoms with Gasteiger partial charge in [0.2, 0.25) is 0 Å². The molecule has 0 aliphatic carbocycles. The van der Waals surface area contributed by atoms with E-state index in [2.05, 4.69) is 40.8 Å². The van der Waals surface area contributed by atoms with Gasteiger partial charge in [-0.1, -0.05) is 63.3 Å². The zero-order valence-electron chi connectivity index (χ0n) is 15.7. The lowest BCUT2D eigenvalue weighted by atomic mass is 9.93. The van der Waals surface area contributed by atoms with Crippen LogP contribution < -0.4 is 5.73 Å². The van der Waals surface area contributed by atoms with Gasteiger partial charge < -0.3 is 10.8 Å². The molecule has 1 aromatic rings. The molecule has 0 heterocycles. The standard InChI is InChI=1S/C19H32NO5P/c1-2-3-4-5-6-7-8-17-9-11-18(12-10-17)13-14-19(20,15-21)16-24-25-26(22)23/h9-12,21H,2-8,13-16,20H2,1H3/p+1. The molecule has 0 amide bonds. The smallest absolute Gasteiger partial charge is 0.394 e. The fourth-order valence-electron chi connectivity index (χ4n) is 2.76.